The molecule has 162 valence electrons. The Balaban J connectivity index is 1.59. The largest absolute Gasteiger partial charge is 0.416 e. The monoisotopic (exact) mass is 447 g/mol. The van der Waals surface area contributed by atoms with Crippen LogP contribution in [-0.2, 0) is 6.18 Å². The van der Waals surface area contributed by atoms with Gasteiger partial charge in [0.15, 0.2) is 5.13 Å². The van der Waals surface area contributed by atoms with E-state index in [9.17, 15) is 18.0 Å². The van der Waals surface area contributed by atoms with Crippen molar-refractivity contribution in [3.63, 3.8) is 0 Å². The maximum atomic E-state index is 12.8. The Hall–Kier alpha value is -2.98. The van der Waals surface area contributed by atoms with Crippen molar-refractivity contribution >= 4 is 27.4 Å². The number of hydrogen-bond acceptors (Lipinski definition) is 6. The molecule has 0 atom stereocenters. The number of piperazine rings is 1. The summed E-state index contributed by atoms with van der Waals surface area (Å²) in [5.74, 6) is -0.514. The Kier molecular flexibility index (Phi) is 5.92. The summed E-state index contributed by atoms with van der Waals surface area (Å²) in [7, 11) is 2.07. The van der Waals surface area contributed by atoms with E-state index in [1.807, 2.05) is 18.2 Å². The molecule has 1 aliphatic rings. The normalized spacial score (nSPS) is 15.2. The van der Waals surface area contributed by atoms with Crippen LogP contribution in [0, 0.1) is 0 Å². The summed E-state index contributed by atoms with van der Waals surface area (Å²) < 4.78 is 38.3. The molecular weight excluding hydrogens is 427 g/mol. The first-order valence-electron chi connectivity index (χ1n) is 9.65. The summed E-state index contributed by atoms with van der Waals surface area (Å²) in [4.78, 5) is 26.0. The zero-order valence-corrected chi connectivity index (χ0v) is 17.5. The molecule has 0 spiro atoms. The van der Waals surface area contributed by atoms with Crippen molar-refractivity contribution in [2.75, 3.05) is 43.4 Å². The lowest BCUT2D eigenvalue weighted by Gasteiger charge is -2.33. The number of carbonyl (C=O) groups excluding carboxylic acids is 1. The molecular formula is C21H20F3N5OS. The minimum absolute atomic E-state index is 0.128. The maximum absolute atomic E-state index is 12.8. The van der Waals surface area contributed by atoms with E-state index >= 15 is 0 Å². The van der Waals surface area contributed by atoms with Crippen LogP contribution in [0.5, 0.6) is 0 Å². The molecule has 1 aliphatic heterocycles. The minimum atomic E-state index is -4.45. The lowest BCUT2D eigenvalue weighted by Crippen LogP contribution is -2.44. The number of thiazole rings is 1. The Bertz CT molecular complexity index is 1050. The predicted octanol–water partition coefficient (Wildman–Crippen LogP) is 4.23. The van der Waals surface area contributed by atoms with Crippen LogP contribution in [0.4, 0.5) is 23.3 Å². The van der Waals surface area contributed by atoms with Crippen molar-refractivity contribution in [2.45, 2.75) is 6.18 Å². The molecule has 2 aromatic heterocycles. The highest BCUT2D eigenvalue weighted by Gasteiger charge is 2.30. The molecule has 6 nitrogen and oxygen atoms in total. The molecule has 1 N–H and O–H groups in total. The number of nitrogens with zero attached hydrogens (tertiary/aromatic N) is 4. The standard InChI is InChI=1S/C21H20F3N5OS/c1-28-10-12-29(13-11-28)19-17(16-4-2-3-9-25-16)26-20(31-19)27-18(30)14-5-7-15(8-6-14)21(22,23)24/h2-9H,10-13H2,1H3,(H,26,27,30). The smallest absolute Gasteiger partial charge is 0.359 e. The molecule has 3 heterocycles. The second-order valence-corrected chi connectivity index (χ2v) is 8.18. The molecule has 0 saturated carbocycles. The number of nitrogens with one attached hydrogen (secondary N) is 1. The Morgan fingerprint density at radius 2 is 1.77 bits per heavy atom. The van der Waals surface area contributed by atoms with Crippen LogP contribution in [0.2, 0.25) is 0 Å². The maximum Gasteiger partial charge on any atom is 0.416 e. The number of amides is 1. The van der Waals surface area contributed by atoms with Gasteiger partial charge in [-0.1, -0.05) is 17.4 Å². The second kappa shape index (κ2) is 8.64. The summed E-state index contributed by atoms with van der Waals surface area (Å²) >= 11 is 1.34. The third kappa shape index (κ3) is 4.86. The van der Waals surface area contributed by atoms with Crippen molar-refractivity contribution in [2.24, 2.45) is 0 Å². The van der Waals surface area contributed by atoms with Gasteiger partial charge in [0.25, 0.3) is 5.91 Å². The second-order valence-electron chi connectivity index (χ2n) is 7.21. The van der Waals surface area contributed by atoms with E-state index < -0.39 is 17.6 Å². The van der Waals surface area contributed by atoms with Gasteiger partial charge in [-0.05, 0) is 43.4 Å². The molecule has 4 rings (SSSR count). The first kappa shape index (κ1) is 21.3. The van der Waals surface area contributed by atoms with Crippen molar-refractivity contribution < 1.29 is 18.0 Å². The Morgan fingerprint density at radius 3 is 2.39 bits per heavy atom. The van der Waals surface area contributed by atoms with Gasteiger partial charge in [-0.3, -0.25) is 15.1 Å². The number of hydrogen-bond donors (Lipinski definition) is 1. The zero-order chi connectivity index (χ0) is 22.0. The van der Waals surface area contributed by atoms with E-state index in [0.29, 0.717) is 16.5 Å². The molecule has 10 heteroatoms. The molecule has 31 heavy (non-hydrogen) atoms. The van der Waals surface area contributed by atoms with Gasteiger partial charge in [0.05, 0.1) is 11.3 Å². The van der Waals surface area contributed by atoms with E-state index in [-0.39, 0.29) is 5.56 Å². The zero-order valence-electron chi connectivity index (χ0n) is 16.7. The average Bonchev–Trinajstić information content (AvgIpc) is 3.18. The lowest BCUT2D eigenvalue weighted by atomic mass is 10.1. The molecule has 1 fully saturated rings. The number of aromatic nitrogens is 2. The molecule has 0 aliphatic carbocycles. The van der Waals surface area contributed by atoms with Crippen molar-refractivity contribution in [1.29, 1.82) is 0 Å². The molecule has 1 aromatic carbocycles. The molecule has 1 saturated heterocycles. The van der Waals surface area contributed by atoms with Crippen molar-refractivity contribution in [3.8, 4) is 11.4 Å². The SMILES string of the molecule is CN1CCN(c2sc(NC(=O)c3ccc(C(F)(F)F)cc3)nc2-c2ccccn2)CC1. The number of halogens is 3. The van der Waals surface area contributed by atoms with Crippen LogP contribution in [0.3, 0.4) is 0 Å². The van der Waals surface area contributed by atoms with Crippen LogP contribution in [0.25, 0.3) is 11.4 Å². The summed E-state index contributed by atoms with van der Waals surface area (Å²) in [6.45, 7) is 3.47. The van der Waals surface area contributed by atoms with Gasteiger partial charge in [0.2, 0.25) is 0 Å². The van der Waals surface area contributed by atoms with E-state index in [2.05, 4.69) is 32.1 Å². The average molecular weight is 447 g/mol. The van der Waals surface area contributed by atoms with Gasteiger partial charge in [0.1, 0.15) is 10.7 Å². The van der Waals surface area contributed by atoms with Crippen LogP contribution >= 0.6 is 11.3 Å². The fourth-order valence-electron chi connectivity index (χ4n) is 3.24. The summed E-state index contributed by atoms with van der Waals surface area (Å²) in [6, 6.07) is 9.65. The lowest BCUT2D eigenvalue weighted by molar-refractivity contribution is -0.137. The molecule has 0 unspecified atom stereocenters. The number of pyridine rings is 1. The fourth-order valence-corrected chi connectivity index (χ4v) is 4.26. The first-order chi connectivity index (χ1) is 14.8. The van der Waals surface area contributed by atoms with Crippen molar-refractivity contribution in [3.05, 3.63) is 59.8 Å². The first-order valence-corrected chi connectivity index (χ1v) is 10.5. The van der Waals surface area contributed by atoms with Crippen LogP contribution in [0.1, 0.15) is 15.9 Å². The summed E-state index contributed by atoms with van der Waals surface area (Å²) in [6.07, 6.45) is -2.76. The topological polar surface area (TPSA) is 61.4 Å². The highest BCUT2D eigenvalue weighted by molar-refractivity contribution is 7.20. The molecule has 3 aromatic rings. The van der Waals surface area contributed by atoms with Gasteiger partial charge in [0, 0.05) is 37.9 Å². The number of carbonyl (C=O) groups is 1. The van der Waals surface area contributed by atoms with Gasteiger partial charge in [-0.15, -0.1) is 0 Å². The van der Waals surface area contributed by atoms with Gasteiger partial charge >= 0.3 is 6.18 Å². The van der Waals surface area contributed by atoms with Crippen LogP contribution in [-0.4, -0.2) is 54.0 Å². The third-order valence-electron chi connectivity index (χ3n) is 5.00. The van der Waals surface area contributed by atoms with E-state index in [0.717, 1.165) is 55.4 Å². The Morgan fingerprint density at radius 1 is 1.06 bits per heavy atom. The third-order valence-corrected chi connectivity index (χ3v) is 6.03. The number of alkyl halides is 3. The van der Waals surface area contributed by atoms with Crippen molar-refractivity contribution in [1.82, 2.24) is 14.9 Å². The minimum Gasteiger partial charge on any atom is -0.359 e. The number of benzene rings is 1. The van der Waals surface area contributed by atoms with E-state index in [4.69, 9.17) is 0 Å². The van der Waals surface area contributed by atoms with Crippen LogP contribution in [0.15, 0.2) is 48.7 Å². The predicted molar refractivity (Wildman–Crippen MR) is 114 cm³/mol. The number of anilines is 2. The number of rotatable bonds is 4. The van der Waals surface area contributed by atoms with Crippen LogP contribution < -0.4 is 10.2 Å². The van der Waals surface area contributed by atoms with Gasteiger partial charge < -0.3 is 9.80 Å². The van der Waals surface area contributed by atoms with E-state index in [1.54, 1.807) is 6.20 Å². The highest BCUT2D eigenvalue weighted by Crippen LogP contribution is 2.38. The highest BCUT2D eigenvalue weighted by atomic mass is 32.1. The Labute approximate surface area is 181 Å². The summed E-state index contributed by atoms with van der Waals surface area (Å²) in [5.41, 5.74) is 0.706. The fraction of sp³-hybridized carbons (Fsp3) is 0.286. The molecule has 0 bridgehead atoms. The van der Waals surface area contributed by atoms with Gasteiger partial charge in [-0.2, -0.15) is 13.2 Å². The quantitative estimate of drug-likeness (QED) is 0.649. The summed E-state index contributed by atoms with van der Waals surface area (Å²) in [5, 5.41) is 4.00. The van der Waals surface area contributed by atoms with E-state index in [1.165, 1.54) is 11.3 Å². The number of likely N-dealkylation sites (N-methyl/N-ethyl adjacent to an activating group) is 1. The molecule has 1 amide bonds. The van der Waals surface area contributed by atoms with Gasteiger partial charge in [-0.25, -0.2) is 4.98 Å². The molecule has 0 radical (unpaired) electrons.